The average molecular weight is 229 g/mol. The fourth-order valence-electron chi connectivity index (χ4n) is 1.75. The molecule has 94 valence electrons. The number of ether oxygens (including phenoxy) is 1. The van der Waals surface area contributed by atoms with Gasteiger partial charge in [-0.25, -0.2) is 0 Å². The van der Waals surface area contributed by atoms with Gasteiger partial charge < -0.3 is 4.74 Å². The van der Waals surface area contributed by atoms with Gasteiger partial charge in [-0.15, -0.1) is 0 Å². The Bertz CT molecular complexity index is 224. The van der Waals surface area contributed by atoms with Crippen LogP contribution >= 0.6 is 0 Å². The highest BCUT2D eigenvalue weighted by atomic mass is 16.5. The third-order valence-corrected chi connectivity index (χ3v) is 2.64. The van der Waals surface area contributed by atoms with Gasteiger partial charge in [-0.2, -0.15) is 0 Å². The molecule has 4 heteroatoms. The second kappa shape index (κ2) is 8.28. The molecule has 0 atom stereocenters. The van der Waals surface area contributed by atoms with E-state index in [-0.39, 0.29) is 12.2 Å². The Kier molecular flexibility index (Phi) is 7.81. The van der Waals surface area contributed by atoms with Crippen molar-refractivity contribution in [3.05, 3.63) is 0 Å². The normalized spacial score (nSPS) is 10.9. The Balaban J connectivity index is 3.99. The highest BCUT2D eigenvalue weighted by molar-refractivity contribution is 5.96. The molecule has 0 aromatic heterocycles. The van der Waals surface area contributed by atoms with Gasteiger partial charge in [0.1, 0.15) is 6.42 Å². The molecule has 0 aromatic rings. The number of esters is 1. The molecule has 0 spiro atoms. The first-order chi connectivity index (χ1) is 7.54. The summed E-state index contributed by atoms with van der Waals surface area (Å²) in [4.78, 5) is 24.6. The minimum atomic E-state index is -0.426. The van der Waals surface area contributed by atoms with E-state index in [9.17, 15) is 9.59 Å². The molecule has 0 aliphatic rings. The quantitative estimate of drug-likeness (QED) is 0.469. The predicted octanol–water partition coefficient (Wildman–Crippen LogP) is 1.63. The van der Waals surface area contributed by atoms with E-state index >= 15 is 0 Å². The SMILES string of the molecule is CCOC(=O)CC(=O)CN(C)C(CC)CC. The molecule has 0 heterocycles. The van der Waals surface area contributed by atoms with Gasteiger partial charge in [0, 0.05) is 6.04 Å². The number of hydrogen-bond donors (Lipinski definition) is 0. The number of ketones is 1. The number of rotatable bonds is 8. The van der Waals surface area contributed by atoms with Gasteiger partial charge in [0.15, 0.2) is 5.78 Å². The van der Waals surface area contributed by atoms with E-state index in [0.29, 0.717) is 19.2 Å². The summed E-state index contributed by atoms with van der Waals surface area (Å²) >= 11 is 0. The highest BCUT2D eigenvalue weighted by Crippen LogP contribution is 2.06. The van der Waals surface area contributed by atoms with Crippen molar-refractivity contribution < 1.29 is 14.3 Å². The van der Waals surface area contributed by atoms with Crippen molar-refractivity contribution in [1.82, 2.24) is 4.90 Å². The van der Waals surface area contributed by atoms with Crippen LogP contribution in [0.3, 0.4) is 0 Å². The van der Waals surface area contributed by atoms with Crippen LogP contribution in [-0.4, -0.2) is 42.9 Å². The van der Waals surface area contributed by atoms with Gasteiger partial charge in [0.25, 0.3) is 0 Å². The molecule has 0 N–H and O–H groups in total. The molecule has 0 aliphatic carbocycles. The van der Waals surface area contributed by atoms with Crippen LogP contribution in [-0.2, 0) is 14.3 Å². The Morgan fingerprint density at radius 2 is 1.75 bits per heavy atom. The van der Waals surface area contributed by atoms with E-state index in [0.717, 1.165) is 12.8 Å². The number of likely N-dealkylation sites (N-methyl/N-ethyl adjacent to an activating group) is 1. The van der Waals surface area contributed by atoms with Crippen molar-refractivity contribution in [3.8, 4) is 0 Å². The van der Waals surface area contributed by atoms with Crippen LogP contribution in [0.25, 0.3) is 0 Å². The topological polar surface area (TPSA) is 46.6 Å². The van der Waals surface area contributed by atoms with Crippen molar-refractivity contribution in [2.24, 2.45) is 0 Å². The molecule has 0 amide bonds. The zero-order valence-corrected chi connectivity index (χ0v) is 10.8. The van der Waals surface area contributed by atoms with E-state index in [1.165, 1.54) is 0 Å². The molecular formula is C12H23NO3. The maximum absolute atomic E-state index is 11.5. The smallest absolute Gasteiger partial charge is 0.313 e. The second-order valence-electron chi connectivity index (χ2n) is 3.91. The van der Waals surface area contributed by atoms with Crippen LogP contribution in [0.5, 0.6) is 0 Å². The van der Waals surface area contributed by atoms with Crippen LogP contribution in [0.4, 0.5) is 0 Å². The lowest BCUT2D eigenvalue weighted by Gasteiger charge is -2.24. The molecule has 0 saturated heterocycles. The zero-order chi connectivity index (χ0) is 12.6. The van der Waals surface area contributed by atoms with E-state index in [1.54, 1.807) is 6.92 Å². The summed E-state index contributed by atoms with van der Waals surface area (Å²) in [5.74, 6) is -0.502. The third-order valence-electron chi connectivity index (χ3n) is 2.64. The molecule has 0 unspecified atom stereocenters. The van der Waals surface area contributed by atoms with Gasteiger partial charge in [-0.1, -0.05) is 13.8 Å². The molecule has 0 saturated carbocycles. The lowest BCUT2D eigenvalue weighted by atomic mass is 10.1. The molecule has 0 aromatic carbocycles. The fourth-order valence-corrected chi connectivity index (χ4v) is 1.75. The van der Waals surface area contributed by atoms with E-state index in [1.807, 2.05) is 11.9 Å². The minimum Gasteiger partial charge on any atom is -0.466 e. The summed E-state index contributed by atoms with van der Waals surface area (Å²) in [5, 5.41) is 0. The number of Topliss-reactive ketones (excluding diaryl/α,β-unsaturated/α-hetero) is 1. The van der Waals surface area contributed by atoms with Gasteiger partial charge in [-0.3, -0.25) is 14.5 Å². The fraction of sp³-hybridized carbons (Fsp3) is 0.833. The Morgan fingerprint density at radius 3 is 2.19 bits per heavy atom. The lowest BCUT2D eigenvalue weighted by molar-refractivity contribution is -0.145. The van der Waals surface area contributed by atoms with Crippen LogP contribution in [0, 0.1) is 0 Å². The second-order valence-corrected chi connectivity index (χ2v) is 3.91. The molecule has 0 rings (SSSR count). The maximum atomic E-state index is 11.5. The first-order valence-electron chi connectivity index (χ1n) is 5.92. The molecule has 16 heavy (non-hydrogen) atoms. The average Bonchev–Trinajstić information content (AvgIpc) is 2.19. The third kappa shape index (κ3) is 5.85. The zero-order valence-electron chi connectivity index (χ0n) is 10.8. The number of nitrogens with zero attached hydrogens (tertiary/aromatic N) is 1. The van der Waals surface area contributed by atoms with Crippen LogP contribution in [0.2, 0.25) is 0 Å². The van der Waals surface area contributed by atoms with Crippen molar-refractivity contribution in [2.45, 2.75) is 46.1 Å². The summed E-state index contributed by atoms with van der Waals surface area (Å²) in [5.41, 5.74) is 0. The van der Waals surface area contributed by atoms with Crippen LogP contribution in [0.1, 0.15) is 40.0 Å². The van der Waals surface area contributed by atoms with Crippen molar-refractivity contribution in [1.29, 1.82) is 0 Å². The molecule has 4 nitrogen and oxygen atoms in total. The summed E-state index contributed by atoms with van der Waals surface area (Å²) in [6.45, 7) is 6.58. The van der Waals surface area contributed by atoms with E-state index in [2.05, 4.69) is 13.8 Å². The van der Waals surface area contributed by atoms with Gasteiger partial charge in [-0.05, 0) is 26.8 Å². The van der Waals surface area contributed by atoms with Crippen molar-refractivity contribution >= 4 is 11.8 Å². The molecule has 0 radical (unpaired) electrons. The maximum Gasteiger partial charge on any atom is 0.313 e. The van der Waals surface area contributed by atoms with E-state index in [4.69, 9.17) is 4.74 Å². The van der Waals surface area contributed by atoms with Crippen LogP contribution in [0.15, 0.2) is 0 Å². The van der Waals surface area contributed by atoms with Crippen molar-refractivity contribution in [3.63, 3.8) is 0 Å². The van der Waals surface area contributed by atoms with Gasteiger partial charge in [0.05, 0.1) is 13.2 Å². The predicted molar refractivity (Wildman–Crippen MR) is 63.3 cm³/mol. The summed E-state index contributed by atoms with van der Waals surface area (Å²) < 4.78 is 4.73. The minimum absolute atomic E-state index is 0.0761. The van der Waals surface area contributed by atoms with Gasteiger partial charge >= 0.3 is 5.97 Å². The number of carbonyl (C=O) groups is 2. The molecule has 0 fully saturated rings. The standard InChI is InChI=1S/C12H23NO3/c1-5-10(6-2)13(4)9-11(14)8-12(15)16-7-3/h10H,5-9H2,1-4H3. The Hall–Kier alpha value is -0.900. The first-order valence-corrected chi connectivity index (χ1v) is 5.92. The summed E-state index contributed by atoms with van der Waals surface area (Å²) in [6.07, 6.45) is 1.91. The van der Waals surface area contributed by atoms with Crippen LogP contribution < -0.4 is 0 Å². The lowest BCUT2D eigenvalue weighted by Crippen LogP contribution is -2.35. The summed E-state index contributed by atoms with van der Waals surface area (Å²) in [7, 11) is 1.92. The summed E-state index contributed by atoms with van der Waals surface area (Å²) in [6, 6.07) is 0.408. The Labute approximate surface area is 98.0 Å². The highest BCUT2D eigenvalue weighted by Gasteiger charge is 2.16. The van der Waals surface area contributed by atoms with Gasteiger partial charge in [0.2, 0.25) is 0 Å². The molecular weight excluding hydrogens is 206 g/mol. The number of carbonyl (C=O) groups excluding carboxylic acids is 2. The van der Waals surface area contributed by atoms with Crippen molar-refractivity contribution in [2.75, 3.05) is 20.2 Å². The number of hydrogen-bond acceptors (Lipinski definition) is 4. The van der Waals surface area contributed by atoms with E-state index < -0.39 is 5.97 Å². The first kappa shape index (κ1) is 15.1. The Morgan fingerprint density at radius 1 is 1.19 bits per heavy atom. The largest absolute Gasteiger partial charge is 0.466 e. The molecule has 0 bridgehead atoms. The molecule has 0 aliphatic heterocycles. The monoisotopic (exact) mass is 229 g/mol.